The van der Waals surface area contributed by atoms with E-state index in [1.807, 2.05) is 17.8 Å². The highest BCUT2D eigenvalue weighted by molar-refractivity contribution is 5.17. The minimum atomic E-state index is 0.146. The quantitative estimate of drug-likeness (QED) is 0.874. The van der Waals surface area contributed by atoms with E-state index in [4.69, 9.17) is 5.73 Å². The van der Waals surface area contributed by atoms with Gasteiger partial charge in [0.25, 0.3) is 0 Å². The molecule has 0 saturated heterocycles. The highest BCUT2D eigenvalue weighted by atomic mass is 15.3. The van der Waals surface area contributed by atoms with Crippen molar-refractivity contribution in [3.8, 4) is 0 Å². The zero-order valence-corrected chi connectivity index (χ0v) is 11.1. The van der Waals surface area contributed by atoms with E-state index in [0.29, 0.717) is 0 Å². The molecule has 2 rings (SSSR count). The second-order valence-electron chi connectivity index (χ2n) is 4.76. The van der Waals surface area contributed by atoms with Crippen molar-refractivity contribution in [2.45, 2.75) is 32.2 Å². The molecule has 0 amide bonds. The van der Waals surface area contributed by atoms with Crippen LogP contribution in [0.25, 0.3) is 0 Å². The molecule has 1 atom stereocenters. The number of hydrogen-bond acceptors (Lipinski definition) is 2. The van der Waals surface area contributed by atoms with Crippen LogP contribution in [0.15, 0.2) is 36.4 Å². The minimum Gasteiger partial charge on any atom is -0.327 e. The van der Waals surface area contributed by atoms with Gasteiger partial charge in [0, 0.05) is 25.2 Å². The Morgan fingerprint density at radius 1 is 1.22 bits per heavy atom. The first-order chi connectivity index (χ1) is 8.69. The van der Waals surface area contributed by atoms with Gasteiger partial charge in [0.1, 0.15) is 0 Å². The summed E-state index contributed by atoms with van der Waals surface area (Å²) in [5.74, 6) is 0. The lowest BCUT2D eigenvalue weighted by atomic mass is 10.0. The van der Waals surface area contributed by atoms with Crippen LogP contribution in [0.5, 0.6) is 0 Å². The van der Waals surface area contributed by atoms with Crippen LogP contribution < -0.4 is 5.73 Å². The Morgan fingerprint density at radius 2 is 1.94 bits per heavy atom. The van der Waals surface area contributed by atoms with Crippen molar-refractivity contribution in [3.05, 3.63) is 53.3 Å². The van der Waals surface area contributed by atoms with Gasteiger partial charge in [0.15, 0.2) is 0 Å². The maximum atomic E-state index is 6.22. The van der Waals surface area contributed by atoms with Gasteiger partial charge in [0.05, 0.1) is 5.69 Å². The zero-order valence-electron chi connectivity index (χ0n) is 11.1. The van der Waals surface area contributed by atoms with Crippen LogP contribution in [-0.4, -0.2) is 15.8 Å². The molecule has 0 aliphatic heterocycles. The number of benzene rings is 1. The van der Waals surface area contributed by atoms with Crippen molar-refractivity contribution >= 4 is 0 Å². The fraction of sp³-hybridized carbons (Fsp3) is 0.400. The van der Waals surface area contributed by atoms with Gasteiger partial charge in [-0.05, 0) is 24.5 Å². The molecule has 0 spiro atoms. The van der Waals surface area contributed by atoms with Crippen LogP contribution in [0, 0.1) is 0 Å². The summed E-state index contributed by atoms with van der Waals surface area (Å²) in [6.45, 7) is 2.12. The van der Waals surface area contributed by atoms with Crippen molar-refractivity contribution in [1.82, 2.24) is 9.78 Å². The molecule has 0 aliphatic rings. The van der Waals surface area contributed by atoms with E-state index in [9.17, 15) is 0 Å². The monoisotopic (exact) mass is 243 g/mol. The summed E-state index contributed by atoms with van der Waals surface area (Å²) in [7, 11) is 1.99. The first-order valence-corrected chi connectivity index (χ1v) is 6.50. The lowest BCUT2D eigenvalue weighted by Crippen LogP contribution is -2.26. The summed E-state index contributed by atoms with van der Waals surface area (Å²) < 4.78 is 1.95. The second-order valence-corrected chi connectivity index (χ2v) is 4.76. The molecule has 1 aromatic carbocycles. The Labute approximate surface area is 109 Å². The SMILES string of the molecule is CCc1cc(CC(N)Cc2ccccc2)n(C)n1. The molecule has 18 heavy (non-hydrogen) atoms. The Morgan fingerprint density at radius 3 is 2.56 bits per heavy atom. The summed E-state index contributed by atoms with van der Waals surface area (Å²) in [6, 6.07) is 12.7. The summed E-state index contributed by atoms with van der Waals surface area (Å²) in [5, 5.41) is 4.45. The van der Waals surface area contributed by atoms with Crippen molar-refractivity contribution in [3.63, 3.8) is 0 Å². The van der Waals surface area contributed by atoms with Gasteiger partial charge in [-0.15, -0.1) is 0 Å². The van der Waals surface area contributed by atoms with E-state index in [1.54, 1.807) is 0 Å². The molecule has 1 heterocycles. The lowest BCUT2D eigenvalue weighted by Gasteiger charge is -2.11. The van der Waals surface area contributed by atoms with Gasteiger partial charge in [-0.3, -0.25) is 4.68 Å². The Hall–Kier alpha value is -1.61. The molecule has 2 N–H and O–H groups in total. The molecular formula is C15H21N3. The summed E-state index contributed by atoms with van der Waals surface area (Å²) in [4.78, 5) is 0. The van der Waals surface area contributed by atoms with Gasteiger partial charge in [-0.2, -0.15) is 5.10 Å². The van der Waals surface area contributed by atoms with Crippen LogP contribution in [0.3, 0.4) is 0 Å². The molecule has 3 nitrogen and oxygen atoms in total. The van der Waals surface area contributed by atoms with Gasteiger partial charge >= 0.3 is 0 Å². The van der Waals surface area contributed by atoms with Crippen molar-refractivity contribution < 1.29 is 0 Å². The molecule has 1 unspecified atom stereocenters. The molecule has 3 heteroatoms. The largest absolute Gasteiger partial charge is 0.327 e. The predicted molar refractivity (Wildman–Crippen MR) is 74.4 cm³/mol. The number of rotatable bonds is 5. The maximum Gasteiger partial charge on any atom is 0.0624 e. The van der Waals surface area contributed by atoms with Crippen LogP contribution in [-0.2, 0) is 26.3 Å². The van der Waals surface area contributed by atoms with E-state index in [0.717, 1.165) is 25.0 Å². The van der Waals surface area contributed by atoms with E-state index >= 15 is 0 Å². The summed E-state index contributed by atoms with van der Waals surface area (Å²) in [6.07, 6.45) is 2.76. The lowest BCUT2D eigenvalue weighted by molar-refractivity contribution is 0.611. The molecule has 0 fully saturated rings. The third-order valence-electron chi connectivity index (χ3n) is 3.20. The topological polar surface area (TPSA) is 43.8 Å². The van der Waals surface area contributed by atoms with Crippen molar-refractivity contribution in [2.24, 2.45) is 12.8 Å². The van der Waals surface area contributed by atoms with Gasteiger partial charge in [-0.1, -0.05) is 37.3 Å². The highest BCUT2D eigenvalue weighted by Gasteiger charge is 2.09. The normalized spacial score (nSPS) is 12.6. The molecular weight excluding hydrogens is 222 g/mol. The minimum absolute atomic E-state index is 0.146. The Balaban J connectivity index is 1.98. The molecule has 1 aromatic heterocycles. The molecule has 0 saturated carbocycles. The number of aromatic nitrogens is 2. The standard InChI is InChI=1S/C15H21N3/c1-3-14-11-15(18(2)17-14)10-13(16)9-12-7-5-4-6-8-12/h4-8,11,13H,3,9-10,16H2,1-2H3. The Bertz CT molecular complexity index is 488. The average Bonchev–Trinajstić information content (AvgIpc) is 2.71. The average molecular weight is 243 g/mol. The van der Waals surface area contributed by atoms with E-state index in [-0.39, 0.29) is 6.04 Å². The molecule has 2 aromatic rings. The third-order valence-corrected chi connectivity index (χ3v) is 3.20. The molecule has 0 bridgehead atoms. The fourth-order valence-corrected chi connectivity index (χ4v) is 2.19. The van der Waals surface area contributed by atoms with Gasteiger partial charge in [-0.25, -0.2) is 0 Å². The zero-order chi connectivity index (χ0) is 13.0. The first-order valence-electron chi connectivity index (χ1n) is 6.50. The number of nitrogens with two attached hydrogens (primary N) is 1. The fourth-order valence-electron chi connectivity index (χ4n) is 2.19. The smallest absolute Gasteiger partial charge is 0.0624 e. The second kappa shape index (κ2) is 5.83. The summed E-state index contributed by atoms with van der Waals surface area (Å²) >= 11 is 0. The molecule has 96 valence electrons. The van der Waals surface area contributed by atoms with Crippen molar-refractivity contribution in [1.29, 1.82) is 0 Å². The highest BCUT2D eigenvalue weighted by Crippen LogP contribution is 2.09. The molecule has 0 radical (unpaired) electrons. The number of hydrogen-bond donors (Lipinski definition) is 1. The van der Waals surface area contributed by atoms with Crippen LogP contribution in [0.1, 0.15) is 23.9 Å². The Kier molecular flexibility index (Phi) is 4.15. The number of aryl methyl sites for hydroxylation is 2. The molecule has 0 aliphatic carbocycles. The van der Waals surface area contributed by atoms with Gasteiger partial charge in [0.2, 0.25) is 0 Å². The van der Waals surface area contributed by atoms with E-state index in [2.05, 4.69) is 42.4 Å². The number of nitrogens with zero attached hydrogens (tertiary/aromatic N) is 2. The van der Waals surface area contributed by atoms with Crippen LogP contribution in [0.2, 0.25) is 0 Å². The predicted octanol–water partition coefficient (Wildman–Crippen LogP) is 2.09. The first kappa shape index (κ1) is 12.8. The van der Waals surface area contributed by atoms with E-state index < -0.39 is 0 Å². The van der Waals surface area contributed by atoms with E-state index in [1.165, 1.54) is 11.3 Å². The van der Waals surface area contributed by atoms with Crippen molar-refractivity contribution in [2.75, 3.05) is 0 Å². The van der Waals surface area contributed by atoms with Crippen LogP contribution >= 0.6 is 0 Å². The summed E-state index contributed by atoms with van der Waals surface area (Å²) in [5.41, 5.74) is 9.87. The maximum absolute atomic E-state index is 6.22. The third kappa shape index (κ3) is 3.20. The van der Waals surface area contributed by atoms with Crippen LogP contribution in [0.4, 0.5) is 0 Å². The van der Waals surface area contributed by atoms with Gasteiger partial charge < -0.3 is 5.73 Å².